The second-order valence-electron chi connectivity index (χ2n) is 8.37. The van der Waals surface area contributed by atoms with E-state index in [0.29, 0.717) is 24.1 Å². The van der Waals surface area contributed by atoms with Crippen molar-refractivity contribution in [2.45, 2.75) is 43.6 Å². The van der Waals surface area contributed by atoms with E-state index in [0.717, 1.165) is 37.2 Å². The largest absolute Gasteiger partial charge is 0.369 e. The van der Waals surface area contributed by atoms with Crippen molar-refractivity contribution in [1.29, 1.82) is 5.26 Å². The molecule has 2 aromatic rings. The van der Waals surface area contributed by atoms with Crippen molar-refractivity contribution in [2.24, 2.45) is 0 Å². The Labute approximate surface area is 163 Å². The second-order valence-corrected chi connectivity index (χ2v) is 8.37. The molecule has 3 aliphatic rings. The van der Waals surface area contributed by atoms with Crippen molar-refractivity contribution in [3.63, 3.8) is 0 Å². The molecule has 1 amide bonds. The molecule has 6 heteroatoms. The monoisotopic (exact) mass is 376 g/mol. The highest BCUT2D eigenvalue weighted by molar-refractivity contribution is 5.97. The average molecular weight is 376 g/mol. The zero-order chi connectivity index (χ0) is 19.5. The minimum atomic E-state index is -0.876. The molecule has 3 heterocycles. The standard InChI is InChI=1S/C22H21FN4O/c1-21(12-24)6-3-9-27(21)20(28)16-5-2-4-15(18(16)23)14-10-17-19(25-11-14)26-13-22(17)7-8-22/h2,4-5,10-11H,3,6-9,13H2,1H3,(H,25,26)/t21-/m0/s1. The minimum absolute atomic E-state index is 0.0145. The van der Waals surface area contributed by atoms with Crippen LogP contribution in [-0.4, -0.2) is 34.4 Å². The number of hydrogen-bond acceptors (Lipinski definition) is 4. The fourth-order valence-electron chi connectivity index (χ4n) is 4.57. The van der Waals surface area contributed by atoms with Crippen molar-refractivity contribution in [2.75, 3.05) is 18.4 Å². The molecule has 1 spiro atoms. The zero-order valence-corrected chi connectivity index (χ0v) is 15.8. The summed E-state index contributed by atoms with van der Waals surface area (Å²) in [7, 11) is 0. The maximum absolute atomic E-state index is 15.4. The van der Waals surface area contributed by atoms with Crippen LogP contribution >= 0.6 is 0 Å². The summed E-state index contributed by atoms with van der Waals surface area (Å²) in [5.41, 5.74) is 1.51. The van der Waals surface area contributed by atoms with E-state index in [2.05, 4.69) is 16.4 Å². The predicted molar refractivity (Wildman–Crippen MR) is 103 cm³/mol. The highest BCUT2D eigenvalue weighted by Crippen LogP contribution is 2.54. The lowest BCUT2D eigenvalue weighted by Crippen LogP contribution is -2.44. The number of nitrogens with zero attached hydrogens (tertiary/aromatic N) is 3. The van der Waals surface area contributed by atoms with Crippen LogP contribution in [0.5, 0.6) is 0 Å². The van der Waals surface area contributed by atoms with Crippen molar-refractivity contribution < 1.29 is 9.18 Å². The zero-order valence-electron chi connectivity index (χ0n) is 15.8. The summed E-state index contributed by atoms with van der Waals surface area (Å²) in [5.74, 6) is -0.0802. The van der Waals surface area contributed by atoms with Gasteiger partial charge in [-0.2, -0.15) is 5.26 Å². The molecule has 0 radical (unpaired) electrons. The quantitative estimate of drug-likeness (QED) is 0.864. The number of benzene rings is 1. The van der Waals surface area contributed by atoms with E-state index in [1.54, 1.807) is 25.3 Å². The summed E-state index contributed by atoms with van der Waals surface area (Å²) in [6, 6.07) is 9.11. The SMILES string of the molecule is C[C@@]1(C#N)CCCN1C(=O)c1cccc(-c2cnc3c(c2)C2(CC2)CN3)c1F. The first-order chi connectivity index (χ1) is 13.5. The molecule has 1 atom stereocenters. The first-order valence-corrected chi connectivity index (χ1v) is 9.74. The maximum Gasteiger partial charge on any atom is 0.258 e. The summed E-state index contributed by atoms with van der Waals surface area (Å²) >= 11 is 0. The molecule has 2 aliphatic heterocycles. The number of aromatic nitrogens is 1. The molecule has 5 nitrogen and oxygen atoms in total. The van der Waals surface area contributed by atoms with Crippen molar-refractivity contribution in [1.82, 2.24) is 9.88 Å². The van der Waals surface area contributed by atoms with Gasteiger partial charge in [0.25, 0.3) is 5.91 Å². The van der Waals surface area contributed by atoms with Gasteiger partial charge in [-0.15, -0.1) is 0 Å². The fourth-order valence-corrected chi connectivity index (χ4v) is 4.57. The van der Waals surface area contributed by atoms with Crippen molar-refractivity contribution in [3.8, 4) is 17.2 Å². The maximum atomic E-state index is 15.4. The van der Waals surface area contributed by atoms with E-state index < -0.39 is 17.3 Å². The van der Waals surface area contributed by atoms with Crippen LogP contribution in [0.4, 0.5) is 10.2 Å². The number of pyridine rings is 1. The van der Waals surface area contributed by atoms with E-state index >= 15 is 4.39 Å². The van der Waals surface area contributed by atoms with Crippen LogP contribution in [0.25, 0.3) is 11.1 Å². The van der Waals surface area contributed by atoms with Gasteiger partial charge in [0.05, 0.1) is 11.6 Å². The number of amides is 1. The molecular formula is C22H21FN4O. The Morgan fingerprint density at radius 1 is 1.36 bits per heavy atom. The van der Waals surface area contributed by atoms with Crippen LogP contribution in [-0.2, 0) is 5.41 Å². The Hall–Kier alpha value is -2.94. The van der Waals surface area contributed by atoms with E-state index in [1.807, 2.05) is 6.07 Å². The number of anilines is 1. The van der Waals surface area contributed by atoms with E-state index in [4.69, 9.17) is 0 Å². The van der Waals surface area contributed by atoms with Crippen LogP contribution in [0.2, 0.25) is 0 Å². The number of rotatable bonds is 2. The molecule has 1 N–H and O–H groups in total. The Morgan fingerprint density at radius 3 is 2.93 bits per heavy atom. The summed E-state index contributed by atoms with van der Waals surface area (Å²) in [6.45, 7) is 3.11. The lowest BCUT2D eigenvalue weighted by molar-refractivity contribution is 0.0688. The van der Waals surface area contributed by atoms with E-state index in [9.17, 15) is 10.1 Å². The van der Waals surface area contributed by atoms with Gasteiger partial charge in [-0.25, -0.2) is 9.37 Å². The number of nitriles is 1. The number of nitrogens with one attached hydrogen (secondary N) is 1. The average Bonchev–Trinajstić information content (AvgIpc) is 3.27. The number of halogens is 1. The molecule has 1 aromatic carbocycles. The molecule has 1 aromatic heterocycles. The van der Waals surface area contributed by atoms with Gasteiger partial charge in [-0.1, -0.05) is 12.1 Å². The third-order valence-corrected chi connectivity index (χ3v) is 6.57. The van der Waals surface area contributed by atoms with Gasteiger partial charge >= 0.3 is 0 Å². The molecule has 28 heavy (non-hydrogen) atoms. The first kappa shape index (κ1) is 17.2. The van der Waals surface area contributed by atoms with Gasteiger partial charge in [-0.05, 0) is 44.7 Å². The van der Waals surface area contributed by atoms with E-state index in [-0.39, 0.29) is 11.0 Å². The number of carbonyl (C=O) groups is 1. The smallest absolute Gasteiger partial charge is 0.258 e. The van der Waals surface area contributed by atoms with Crippen LogP contribution in [0.1, 0.15) is 48.5 Å². The van der Waals surface area contributed by atoms with Gasteiger partial charge in [0.2, 0.25) is 0 Å². The minimum Gasteiger partial charge on any atom is -0.369 e. The number of hydrogen-bond donors (Lipinski definition) is 1. The van der Waals surface area contributed by atoms with Crippen molar-refractivity contribution >= 4 is 11.7 Å². The molecule has 0 bridgehead atoms. The van der Waals surface area contributed by atoms with Gasteiger partial charge in [-0.3, -0.25) is 4.79 Å². The van der Waals surface area contributed by atoms with E-state index in [1.165, 1.54) is 11.0 Å². The number of likely N-dealkylation sites (tertiary alicyclic amines) is 1. The van der Waals surface area contributed by atoms with Crippen molar-refractivity contribution in [3.05, 3.63) is 47.4 Å². The third-order valence-electron chi connectivity index (χ3n) is 6.57. The summed E-state index contributed by atoms with van der Waals surface area (Å²) in [4.78, 5) is 19.0. The van der Waals surface area contributed by atoms with Gasteiger partial charge in [0, 0.05) is 41.4 Å². The summed E-state index contributed by atoms with van der Waals surface area (Å²) < 4.78 is 15.4. The molecule has 1 saturated carbocycles. The number of carbonyl (C=O) groups excluding carboxylic acids is 1. The fraction of sp³-hybridized carbons (Fsp3) is 0.409. The molecule has 2 fully saturated rings. The first-order valence-electron chi connectivity index (χ1n) is 9.74. The molecular weight excluding hydrogens is 355 g/mol. The lowest BCUT2D eigenvalue weighted by Gasteiger charge is -2.29. The Kier molecular flexibility index (Phi) is 3.54. The Balaban J connectivity index is 1.54. The molecule has 0 unspecified atom stereocenters. The van der Waals surface area contributed by atoms with Crippen LogP contribution < -0.4 is 5.32 Å². The lowest BCUT2D eigenvalue weighted by atomic mass is 9.95. The van der Waals surface area contributed by atoms with Gasteiger partial charge in [0.15, 0.2) is 0 Å². The molecule has 142 valence electrons. The summed E-state index contributed by atoms with van der Waals surface area (Å²) in [5, 5.41) is 12.8. The molecule has 5 rings (SSSR count). The summed E-state index contributed by atoms with van der Waals surface area (Å²) in [6.07, 6.45) is 5.28. The molecule has 1 aliphatic carbocycles. The normalized spacial score (nSPS) is 24.0. The van der Waals surface area contributed by atoms with Crippen LogP contribution in [0, 0.1) is 17.1 Å². The molecule has 1 saturated heterocycles. The van der Waals surface area contributed by atoms with Gasteiger partial charge in [0.1, 0.15) is 17.2 Å². The van der Waals surface area contributed by atoms with Crippen LogP contribution in [0.3, 0.4) is 0 Å². The Morgan fingerprint density at radius 2 is 2.18 bits per heavy atom. The topological polar surface area (TPSA) is 69.0 Å². The predicted octanol–water partition coefficient (Wildman–Crippen LogP) is 3.86. The number of fused-ring (bicyclic) bond motifs is 2. The highest BCUT2D eigenvalue weighted by Gasteiger charge is 2.49. The van der Waals surface area contributed by atoms with Gasteiger partial charge < -0.3 is 10.2 Å². The highest BCUT2D eigenvalue weighted by atomic mass is 19.1. The van der Waals surface area contributed by atoms with Crippen LogP contribution in [0.15, 0.2) is 30.5 Å². The third kappa shape index (κ3) is 2.35. The second kappa shape index (κ2) is 5.78. The Bertz CT molecular complexity index is 1040.